The molecular weight excluding hydrogens is 515 g/mol. The molecule has 1 aromatic carbocycles. The molecule has 1 aliphatic heterocycles. The SMILES string of the molecule is CC(C)C[C@H](NC(=O)C(=O)Nc1ccccc1F)C(=O)NC(CC1CCNC1=O)C(=O)COC(=O)OC(C)C. The molecule has 1 saturated heterocycles. The van der Waals surface area contributed by atoms with E-state index in [4.69, 9.17) is 9.47 Å². The van der Waals surface area contributed by atoms with Crippen molar-refractivity contribution < 1.29 is 42.6 Å². The summed E-state index contributed by atoms with van der Waals surface area (Å²) in [7, 11) is 0. The third-order valence-corrected chi connectivity index (χ3v) is 5.71. The van der Waals surface area contributed by atoms with E-state index in [2.05, 4.69) is 21.3 Å². The van der Waals surface area contributed by atoms with E-state index in [0.29, 0.717) is 13.0 Å². The summed E-state index contributed by atoms with van der Waals surface area (Å²) in [5, 5.41) is 9.65. The van der Waals surface area contributed by atoms with Gasteiger partial charge in [0.25, 0.3) is 0 Å². The minimum Gasteiger partial charge on any atom is -0.432 e. The number of carbonyl (C=O) groups excluding carboxylic acids is 6. The molecule has 1 fully saturated rings. The Bertz CT molecular complexity index is 1080. The number of Topliss-reactive ketones (excluding diaryl/α,β-unsaturated/α-hetero) is 1. The first-order valence-corrected chi connectivity index (χ1v) is 12.7. The zero-order valence-electron chi connectivity index (χ0n) is 22.4. The molecule has 0 bridgehead atoms. The van der Waals surface area contributed by atoms with Crippen molar-refractivity contribution in [1.82, 2.24) is 16.0 Å². The topological polar surface area (TPSA) is 169 Å². The van der Waals surface area contributed by atoms with Gasteiger partial charge in [-0.05, 0) is 51.2 Å². The summed E-state index contributed by atoms with van der Waals surface area (Å²) in [6.07, 6.45) is -1.05. The molecule has 39 heavy (non-hydrogen) atoms. The standard InChI is InChI=1S/C26H35FN4O8/c1-14(2)11-20(31-25(36)24(35)29-18-8-6-5-7-17(18)27)23(34)30-19(12-16-9-10-28-22(16)33)21(32)13-38-26(37)39-15(3)4/h5-8,14-16,19-20H,9-13H2,1-4H3,(H,28,33)(H,29,35)(H,30,34)(H,31,36)/t16?,19?,20-/m0/s1. The molecule has 0 aliphatic carbocycles. The fourth-order valence-electron chi connectivity index (χ4n) is 3.82. The van der Waals surface area contributed by atoms with Crippen LogP contribution in [0.15, 0.2) is 24.3 Å². The molecule has 0 spiro atoms. The molecule has 0 radical (unpaired) electrons. The van der Waals surface area contributed by atoms with Gasteiger partial charge in [0.2, 0.25) is 11.8 Å². The Balaban J connectivity index is 2.12. The maximum atomic E-state index is 13.9. The van der Waals surface area contributed by atoms with Crippen LogP contribution in [-0.2, 0) is 33.4 Å². The fourth-order valence-corrected chi connectivity index (χ4v) is 3.82. The Labute approximate surface area is 225 Å². The predicted octanol–water partition coefficient (Wildman–Crippen LogP) is 1.44. The highest BCUT2D eigenvalue weighted by atomic mass is 19.1. The third-order valence-electron chi connectivity index (χ3n) is 5.71. The number of nitrogens with one attached hydrogen (secondary N) is 4. The van der Waals surface area contributed by atoms with Crippen molar-refractivity contribution >= 4 is 41.3 Å². The van der Waals surface area contributed by atoms with Crippen LogP contribution in [0.5, 0.6) is 0 Å². The maximum absolute atomic E-state index is 13.9. The molecular formula is C26H35FN4O8. The Morgan fingerprint density at radius 2 is 1.72 bits per heavy atom. The molecule has 1 heterocycles. The van der Waals surface area contributed by atoms with Crippen LogP contribution in [0.2, 0.25) is 0 Å². The van der Waals surface area contributed by atoms with Crippen LogP contribution >= 0.6 is 0 Å². The molecule has 3 atom stereocenters. The third kappa shape index (κ3) is 10.3. The minimum atomic E-state index is -1.23. The lowest BCUT2D eigenvalue weighted by atomic mass is 9.95. The highest BCUT2D eigenvalue weighted by Gasteiger charge is 2.34. The van der Waals surface area contributed by atoms with Gasteiger partial charge in [0.1, 0.15) is 11.9 Å². The molecule has 13 heteroatoms. The van der Waals surface area contributed by atoms with E-state index in [1.54, 1.807) is 27.7 Å². The van der Waals surface area contributed by atoms with Gasteiger partial charge in [-0.25, -0.2) is 9.18 Å². The number of hydrogen-bond acceptors (Lipinski definition) is 8. The number of rotatable bonds is 12. The summed E-state index contributed by atoms with van der Waals surface area (Å²) in [6.45, 7) is 6.47. The average molecular weight is 551 g/mol. The molecule has 0 saturated carbocycles. The quantitative estimate of drug-likeness (QED) is 0.224. The number of ketones is 1. The average Bonchev–Trinajstić information content (AvgIpc) is 3.26. The van der Waals surface area contributed by atoms with Crippen molar-refractivity contribution in [3.8, 4) is 0 Å². The number of hydrogen-bond donors (Lipinski definition) is 4. The molecule has 4 amide bonds. The van der Waals surface area contributed by atoms with Crippen molar-refractivity contribution in [2.24, 2.45) is 11.8 Å². The van der Waals surface area contributed by atoms with Crippen LogP contribution in [0.4, 0.5) is 14.9 Å². The van der Waals surface area contributed by atoms with Crippen LogP contribution in [0.25, 0.3) is 0 Å². The molecule has 2 rings (SSSR count). The molecule has 1 aromatic rings. The van der Waals surface area contributed by atoms with Crippen LogP contribution in [0.1, 0.15) is 47.0 Å². The van der Waals surface area contributed by atoms with Crippen molar-refractivity contribution in [2.45, 2.75) is 65.1 Å². The lowest BCUT2D eigenvalue weighted by Gasteiger charge is -2.25. The highest BCUT2D eigenvalue weighted by Crippen LogP contribution is 2.18. The number of benzene rings is 1. The summed E-state index contributed by atoms with van der Waals surface area (Å²) in [5.41, 5.74) is -0.209. The molecule has 1 aliphatic rings. The van der Waals surface area contributed by atoms with Gasteiger partial charge in [-0.15, -0.1) is 0 Å². The number of halogens is 1. The molecule has 4 N–H and O–H groups in total. The first-order chi connectivity index (χ1) is 18.4. The van der Waals surface area contributed by atoms with E-state index in [1.165, 1.54) is 18.2 Å². The summed E-state index contributed by atoms with van der Waals surface area (Å²) >= 11 is 0. The van der Waals surface area contributed by atoms with Gasteiger partial charge >= 0.3 is 18.0 Å². The van der Waals surface area contributed by atoms with Crippen molar-refractivity contribution in [1.29, 1.82) is 0 Å². The summed E-state index contributed by atoms with van der Waals surface area (Å²) in [5.74, 6) is -5.53. The number of carbonyl (C=O) groups is 6. The van der Waals surface area contributed by atoms with E-state index >= 15 is 0 Å². The van der Waals surface area contributed by atoms with Crippen LogP contribution < -0.4 is 21.3 Å². The lowest BCUT2D eigenvalue weighted by Crippen LogP contribution is -2.54. The second-order valence-corrected chi connectivity index (χ2v) is 9.83. The van der Waals surface area contributed by atoms with E-state index in [0.717, 1.165) is 6.07 Å². The summed E-state index contributed by atoms with van der Waals surface area (Å²) < 4.78 is 23.5. The van der Waals surface area contributed by atoms with Gasteiger partial charge in [-0.1, -0.05) is 26.0 Å². The molecule has 0 aromatic heterocycles. The predicted molar refractivity (Wildman–Crippen MR) is 137 cm³/mol. The Morgan fingerprint density at radius 1 is 1.03 bits per heavy atom. The van der Waals surface area contributed by atoms with Gasteiger partial charge < -0.3 is 30.7 Å². The monoisotopic (exact) mass is 550 g/mol. The largest absolute Gasteiger partial charge is 0.508 e. The van der Waals surface area contributed by atoms with Crippen LogP contribution in [-0.4, -0.2) is 66.9 Å². The highest BCUT2D eigenvalue weighted by molar-refractivity contribution is 6.40. The summed E-state index contributed by atoms with van der Waals surface area (Å²) in [6, 6.07) is 2.81. The van der Waals surface area contributed by atoms with E-state index in [-0.39, 0.29) is 30.4 Å². The van der Waals surface area contributed by atoms with Crippen LogP contribution in [0.3, 0.4) is 0 Å². The summed E-state index contributed by atoms with van der Waals surface area (Å²) in [4.78, 5) is 74.8. The second-order valence-electron chi connectivity index (χ2n) is 9.83. The molecule has 214 valence electrons. The lowest BCUT2D eigenvalue weighted by molar-refractivity contribution is -0.138. The Morgan fingerprint density at radius 3 is 2.31 bits per heavy atom. The van der Waals surface area contributed by atoms with E-state index in [9.17, 15) is 33.2 Å². The van der Waals surface area contributed by atoms with Gasteiger partial charge in [0.15, 0.2) is 12.4 Å². The first kappa shape index (κ1) is 31.2. The Hall–Kier alpha value is -4.03. The van der Waals surface area contributed by atoms with Crippen molar-refractivity contribution in [3.05, 3.63) is 30.1 Å². The number of ether oxygens (including phenoxy) is 2. The van der Waals surface area contributed by atoms with E-state index < -0.39 is 66.2 Å². The second kappa shape index (κ2) is 14.8. The van der Waals surface area contributed by atoms with Crippen LogP contribution in [0, 0.1) is 17.7 Å². The maximum Gasteiger partial charge on any atom is 0.508 e. The van der Waals surface area contributed by atoms with Gasteiger partial charge in [0, 0.05) is 12.5 Å². The zero-order chi connectivity index (χ0) is 29.1. The molecule has 2 unspecified atom stereocenters. The van der Waals surface area contributed by atoms with Gasteiger partial charge in [-0.2, -0.15) is 0 Å². The van der Waals surface area contributed by atoms with Crippen molar-refractivity contribution in [2.75, 3.05) is 18.5 Å². The van der Waals surface area contributed by atoms with Gasteiger partial charge in [-0.3, -0.25) is 24.0 Å². The van der Waals surface area contributed by atoms with E-state index in [1.807, 2.05) is 0 Å². The van der Waals surface area contributed by atoms with Gasteiger partial charge in [0.05, 0.1) is 17.8 Å². The number of amides is 4. The zero-order valence-corrected chi connectivity index (χ0v) is 22.4. The fraction of sp³-hybridized carbons (Fsp3) is 0.538. The first-order valence-electron chi connectivity index (χ1n) is 12.7. The normalized spacial score (nSPS) is 16.2. The smallest absolute Gasteiger partial charge is 0.432 e. The molecule has 12 nitrogen and oxygen atoms in total. The number of para-hydroxylation sites is 1. The number of anilines is 1. The van der Waals surface area contributed by atoms with Crippen molar-refractivity contribution in [3.63, 3.8) is 0 Å². The Kier molecular flexibility index (Phi) is 11.8. The minimum absolute atomic E-state index is 0.0604.